The van der Waals surface area contributed by atoms with E-state index in [0.29, 0.717) is 11.4 Å². The minimum absolute atomic E-state index is 0.190. The van der Waals surface area contributed by atoms with Gasteiger partial charge in [-0.1, -0.05) is 6.92 Å². The van der Waals surface area contributed by atoms with E-state index in [1.54, 1.807) is 18.3 Å². The van der Waals surface area contributed by atoms with E-state index in [-0.39, 0.29) is 5.91 Å². The molecule has 20 heavy (non-hydrogen) atoms. The molecule has 6 heteroatoms. The van der Waals surface area contributed by atoms with Crippen molar-refractivity contribution in [3.63, 3.8) is 0 Å². The second-order valence-corrected chi connectivity index (χ2v) is 4.59. The lowest BCUT2D eigenvalue weighted by molar-refractivity contribution is 0.102. The third-order valence-electron chi connectivity index (χ3n) is 2.96. The fraction of sp³-hybridized carbons (Fsp3) is 0.357. The molecule has 0 aliphatic rings. The van der Waals surface area contributed by atoms with Gasteiger partial charge < -0.3 is 10.6 Å². The van der Waals surface area contributed by atoms with Crippen LogP contribution in [0.4, 0.5) is 11.5 Å². The predicted molar refractivity (Wildman–Crippen MR) is 79.0 cm³/mol. The van der Waals surface area contributed by atoms with Crippen LogP contribution in [0.15, 0.2) is 18.3 Å². The number of pyridine rings is 1. The van der Waals surface area contributed by atoms with Crippen molar-refractivity contribution in [3.05, 3.63) is 35.3 Å². The van der Waals surface area contributed by atoms with Crippen LogP contribution in [0, 0.1) is 13.8 Å². The Morgan fingerprint density at radius 3 is 2.85 bits per heavy atom. The SMILES string of the molecule is CCCNc1ncccc1C(=O)Nc1c(C)n[nH]c1C. The molecule has 2 aromatic heterocycles. The third-order valence-corrected chi connectivity index (χ3v) is 2.96. The Labute approximate surface area is 118 Å². The van der Waals surface area contributed by atoms with Crippen LogP contribution in [-0.2, 0) is 0 Å². The first kappa shape index (κ1) is 14.0. The summed E-state index contributed by atoms with van der Waals surface area (Å²) in [5.74, 6) is 0.412. The van der Waals surface area contributed by atoms with Crippen LogP contribution in [0.1, 0.15) is 35.1 Å². The molecule has 106 valence electrons. The fourth-order valence-corrected chi connectivity index (χ4v) is 1.89. The monoisotopic (exact) mass is 273 g/mol. The van der Waals surface area contributed by atoms with Crippen molar-refractivity contribution < 1.29 is 4.79 Å². The molecule has 1 amide bonds. The average molecular weight is 273 g/mol. The van der Waals surface area contributed by atoms with Gasteiger partial charge in [0.1, 0.15) is 5.82 Å². The second-order valence-electron chi connectivity index (χ2n) is 4.59. The van der Waals surface area contributed by atoms with Gasteiger partial charge in [-0.15, -0.1) is 0 Å². The fourth-order valence-electron chi connectivity index (χ4n) is 1.89. The average Bonchev–Trinajstić information content (AvgIpc) is 2.77. The maximum absolute atomic E-state index is 12.4. The van der Waals surface area contributed by atoms with Gasteiger partial charge in [-0.3, -0.25) is 9.89 Å². The van der Waals surface area contributed by atoms with Gasteiger partial charge in [-0.05, 0) is 32.4 Å². The molecule has 0 atom stereocenters. The standard InChI is InChI=1S/C14H19N5O/c1-4-7-15-13-11(6-5-8-16-13)14(20)17-12-9(2)18-19-10(12)3/h5-6,8H,4,7H2,1-3H3,(H,15,16)(H,17,20)(H,18,19). The minimum Gasteiger partial charge on any atom is -0.369 e. The highest BCUT2D eigenvalue weighted by Crippen LogP contribution is 2.19. The van der Waals surface area contributed by atoms with E-state index in [0.717, 1.165) is 30.0 Å². The van der Waals surface area contributed by atoms with Gasteiger partial charge >= 0.3 is 0 Å². The molecule has 0 saturated carbocycles. The molecule has 0 saturated heterocycles. The van der Waals surface area contributed by atoms with Crippen LogP contribution >= 0.6 is 0 Å². The zero-order chi connectivity index (χ0) is 14.5. The number of aromatic nitrogens is 3. The summed E-state index contributed by atoms with van der Waals surface area (Å²) < 4.78 is 0. The van der Waals surface area contributed by atoms with E-state index in [1.165, 1.54) is 0 Å². The molecule has 2 rings (SSSR count). The topological polar surface area (TPSA) is 82.7 Å². The van der Waals surface area contributed by atoms with Crippen molar-refractivity contribution in [2.75, 3.05) is 17.2 Å². The van der Waals surface area contributed by atoms with Gasteiger partial charge in [-0.2, -0.15) is 5.10 Å². The summed E-state index contributed by atoms with van der Waals surface area (Å²) in [5.41, 5.74) is 2.85. The summed E-state index contributed by atoms with van der Waals surface area (Å²) in [6.45, 7) is 6.56. The molecule has 0 unspecified atom stereocenters. The molecule has 2 heterocycles. The van der Waals surface area contributed by atoms with Gasteiger partial charge in [-0.25, -0.2) is 4.98 Å². The van der Waals surface area contributed by atoms with E-state index in [4.69, 9.17) is 0 Å². The van der Waals surface area contributed by atoms with Crippen LogP contribution in [0.2, 0.25) is 0 Å². The second kappa shape index (κ2) is 6.18. The van der Waals surface area contributed by atoms with Crippen LogP contribution in [0.5, 0.6) is 0 Å². The number of carbonyl (C=O) groups excluding carboxylic acids is 1. The van der Waals surface area contributed by atoms with Crippen molar-refractivity contribution in [1.82, 2.24) is 15.2 Å². The lowest BCUT2D eigenvalue weighted by atomic mass is 10.2. The number of anilines is 2. The summed E-state index contributed by atoms with van der Waals surface area (Å²) in [6, 6.07) is 3.51. The molecule has 3 N–H and O–H groups in total. The minimum atomic E-state index is -0.190. The maximum atomic E-state index is 12.4. The van der Waals surface area contributed by atoms with Gasteiger partial charge in [0.15, 0.2) is 0 Å². The number of carbonyl (C=O) groups is 1. The molecule has 0 fully saturated rings. The molecular formula is C14H19N5O. The summed E-state index contributed by atoms with van der Waals surface area (Å²) in [4.78, 5) is 16.6. The number of hydrogen-bond acceptors (Lipinski definition) is 4. The Balaban J connectivity index is 2.21. The molecular weight excluding hydrogens is 254 g/mol. The number of nitrogens with one attached hydrogen (secondary N) is 3. The first-order valence-electron chi connectivity index (χ1n) is 6.65. The third kappa shape index (κ3) is 2.96. The number of H-pyrrole nitrogens is 1. The van der Waals surface area contributed by atoms with Crippen molar-refractivity contribution in [1.29, 1.82) is 0 Å². The van der Waals surface area contributed by atoms with Crippen molar-refractivity contribution >= 4 is 17.4 Å². The van der Waals surface area contributed by atoms with Crippen molar-refractivity contribution in [2.45, 2.75) is 27.2 Å². The highest BCUT2D eigenvalue weighted by atomic mass is 16.1. The van der Waals surface area contributed by atoms with E-state index < -0.39 is 0 Å². The van der Waals surface area contributed by atoms with Crippen LogP contribution in [0.3, 0.4) is 0 Å². The number of nitrogens with zero attached hydrogens (tertiary/aromatic N) is 2. The van der Waals surface area contributed by atoms with Crippen LogP contribution < -0.4 is 10.6 Å². The van der Waals surface area contributed by atoms with E-state index >= 15 is 0 Å². The molecule has 6 nitrogen and oxygen atoms in total. The number of aryl methyl sites for hydroxylation is 2. The van der Waals surface area contributed by atoms with Crippen LogP contribution in [0.25, 0.3) is 0 Å². The number of aromatic amines is 1. The molecule has 0 aromatic carbocycles. The Morgan fingerprint density at radius 1 is 1.40 bits per heavy atom. The van der Waals surface area contributed by atoms with Gasteiger partial charge in [0, 0.05) is 12.7 Å². The largest absolute Gasteiger partial charge is 0.369 e. The van der Waals surface area contributed by atoms with Crippen molar-refractivity contribution in [2.24, 2.45) is 0 Å². The molecule has 0 spiro atoms. The summed E-state index contributed by atoms with van der Waals surface area (Å²) in [6.07, 6.45) is 2.64. The lowest BCUT2D eigenvalue weighted by Gasteiger charge is -2.10. The van der Waals surface area contributed by atoms with Gasteiger partial charge in [0.05, 0.1) is 22.6 Å². The van der Waals surface area contributed by atoms with Gasteiger partial charge in [0.2, 0.25) is 0 Å². The Bertz CT molecular complexity index is 586. The first-order valence-corrected chi connectivity index (χ1v) is 6.65. The lowest BCUT2D eigenvalue weighted by Crippen LogP contribution is -2.16. The van der Waals surface area contributed by atoms with E-state index in [9.17, 15) is 4.79 Å². The zero-order valence-corrected chi connectivity index (χ0v) is 11.9. The summed E-state index contributed by atoms with van der Waals surface area (Å²) in [7, 11) is 0. The zero-order valence-electron chi connectivity index (χ0n) is 11.9. The van der Waals surface area contributed by atoms with Crippen molar-refractivity contribution in [3.8, 4) is 0 Å². The Kier molecular flexibility index (Phi) is 4.34. The number of amides is 1. The number of rotatable bonds is 5. The summed E-state index contributed by atoms with van der Waals surface area (Å²) in [5, 5.41) is 12.9. The van der Waals surface area contributed by atoms with Gasteiger partial charge in [0.25, 0.3) is 5.91 Å². The van der Waals surface area contributed by atoms with E-state index in [2.05, 4.69) is 32.7 Å². The molecule has 2 aromatic rings. The molecule has 0 bridgehead atoms. The maximum Gasteiger partial charge on any atom is 0.259 e. The first-order chi connectivity index (χ1) is 9.63. The predicted octanol–water partition coefficient (Wildman–Crippen LogP) is 2.50. The Morgan fingerprint density at radius 2 is 2.20 bits per heavy atom. The van der Waals surface area contributed by atoms with E-state index in [1.807, 2.05) is 13.8 Å². The Hall–Kier alpha value is -2.37. The highest BCUT2D eigenvalue weighted by molar-refractivity contribution is 6.07. The normalized spacial score (nSPS) is 10.3. The molecule has 0 aliphatic heterocycles. The highest BCUT2D eigenvalue weighted by Gasteiger charge is 2.15. The molecule has 0 aliphatic carbocycles. The quantitative estimate of drug-likeness (QED) is 0.781. The molecule has 0 radical (unpaired) electrons. The smallest absolute Gasteiger partial charge is 0.259 e. The van der Waals surface area contributed by atoms with Crippen LogP contribution in [-0.4, -0.2) is 27.6 Å². The summed E-state index contributed by atoms with van der Waals surface area (Å²) >= 11 is 0. The number of hydrogen-bond donors (Lipinski definition) is 3.